The Labute approximate surface area is 123 Å². The van der Waals surface area contributed by atoms with E-state index in [0.29, 0.717) is 22.3 Å². The summed E-state index contributed by atoms with van der Waals surface area (Å²) in [7, 11) is -1.77. The minimum Gasteiger partial charge on any atom is -0.364 e. The van der Waals surface area contributed by atoms with E-state index in [1.807, 2.05) is 6.07 Å². The standard InChI is InChI=1S/C16H26N2OSi/c1-11(2)20(12(3)4,13(5)6)10-8-14-7-9-18-15(14)16(17)19/h7,9,11-13,18H,1-6H3,(H2,17,19). The highest BCUT2D eigenvalue weighted by atomic mass is 28.3. The Morgan fingerprint density at radius 3 is 2.05 bits per heavy atom. The van der Waals surface area contributed by atoms with Crippen LogP contribution in [-0.2, 0) is 0 Å². The number of hydrogen-bond donors (Lipinski definition) is 2. The lowest BCUT2D eigenvalue weighted by molar-refractivity contribution is 0.0996. The molecule has 3 nitrogen and oxygen atoms in total. The largest absolute Gasteiger partial charge is 0.364 e. The average Bonchev–Trinajstić information content (AvgIpc) is 2.76. The van der Waals surface area contributed by atoms with Gasteiger partial charge in [-0.15, -0.1) is 5.54 Å². The zero-order valence-electron chi connectivity index (χ0n) is 13.4. The van der Waals surface area contributed by atoms with E-state index in [9.17, 15) is 4.79 Å². The number of aromatic nitrogens is 1. The average molecular weight is 290 g/mol. The molecule has 0 atom stereocenters. The van der Waals surface area contributed by atoms with E-state index in [1.54, 1.807) is 6.20 Å². The predicted octanol–water partition coefficient (Wildman–Crippen LogP) is 3.68. The van der Waals surface area contributed by atoms with E-state index < -0.39 is 14.0 Å². The van der Waals surface area contributed by atoms with E-state index in [0.717, 1.165) is 5.56 Å². The number of H-pyrrole nitrogens is 1. The fourth-order valence-corrected chi connectivity index (χ4v) is 8.50. The third kappa shape index (κ3) is 2.99. The number of aromatic amines is 1. The number of primary amides is 1. The molecule has 0 saturated carbocycles. The Kier molecular flexibility index (Phi) is 5.24. The van der Waals surface area contributed by atoms with Crippen molar-refractivity contribution in [2.75, 3.05) is 0 Å². The summed E-state index contributed by atoms with van der Waals surface area (Å²) in [6.07, 6.45) is 1.72. The van der Waals surface area contributed by atoms with Gasteiger partial charge in [-0.3, -0.25) is 4.79 Å². The Balaban J connectivity index is 3.31. The van der Waals surface area contributed by atoms with Gasteiger partial charge in [0, 0.05) is 6.20 Å². The lowest BCUT2D eigenvalue weighted by Gasteiger charge is -2.38. The molecular formula is C16H26N2OSi. The normalized spacial score (nSPS) is 11.8. The van der Waals surface area contributed by atoms with Gasteiger partial charge in [0.25, 0.3) is 5.91 Å². The van der Waals surface area contributed by atoms with Gasteiger partial charge >= 0.3 is 0 Å². The maximum Gasteiger partial charge on any atom is 0.266 e. The molecule has 1 aromatic rings. The van der Waals surface area contributed by atoms with Crippen LogP contribution in [0, 0.1) is 11.5 Å². The maximum atomic E-state index is 11.3. The first kappa shape index (κ1) is 16.6. The summed E-state index contributed by atoms with van der Waals surface area (Å²) in [6, 6.07) is 1.83. The molecule has 0 aliphatic heterocycles. The Morgan fingerprint density at radius 1 is 1.15 bits per heavy atom. The fourth-order valence-electron chi connectivity index (χ4n) is 3.29. The van der Waals surface area contributed by atoms with Crippen LogP contribution in [0.15, 0.2) is 12.3 Å². The van der Waals surface area contributed by atoms with Crippen molar-refractivity contribution >= 4 is 14.0 Å². The molecule has 20 heavy (non-hydrogen) atoms. The van der Waals surface area contributed by atoms with E-state index >= 15 is 0 Å². The first-order chi connectivity index (χ1) is 9.23. The van der Waals surface area contributed by atoms with Crippen LogP contribution in [0.4, 0.5) is 0 Å². The van der Waals surface area contributed by atoms with Crippen LogP contribution in [0.3, 0.4) is 0 Å². The van der Waals surface area contributed by atoms with Crippen LogP contribution in [0.5, 0.6) is 0 Å². The van der Waals surface area contributed by atoms with Gasteiger partial charge in [0.1, 0.15) is 13.8 Å². The fraction of sp³-hybridized carbons (Fsp3) is 0.562. The van der Waals surface area contributed by atoms with Crippen LogP contribution in [0.25, 0.3) is 0 Å². The molecule has 110 valence electrons. The van der Waals surface area contributed by atoms with Crippen molar-refractivity contribution in [1.29, 1.82) is 0 Å². The molecule has 0 fully saturated rings. The first-order valence-electron chi connectivity index (χ1n) is 7.23. The van der Waals surface area contributed by atoms with Gasteiger partial charge in [-0.2, -0.15) is 0 Å². The Hall–Kier alpha value is -1.47. The van der Waals surface area contributed by atoms with Gasteiger partial charge in [0.2, 0.25) is 0 Å². The molecule has 1 amide bonds. The Morgan fingerprint density at radius 2 is 1.65 bits per heavy atom. The van der Waals surface area contributed by atoms with Gasteiger partial charge in [0.15, 0.2) is 0 Å². The van der Waals surface area contributed by atoms with Gasteiger partial charge in [-0.25, -0.2) is 0 Å². The maximum absolute atomic E-state index is 11.3. The number of carbonyl (C=O) groups is 1. The van der Waals surface area contributed by atoms with Crippen molar-refractivity contribution in [3.05, 3.63) is 23.5 Å². The summed E-state index contributed by atoms with van der Waals surface area (Å²) in [4.78, 5) is 14.2. The molecule has 0 aliphatic rings. The van der Waals surface area contributed by atoms with Crippen LogP contribution < -0.4 is 5.73 Å². The monoisotopic (exact) mass is 290 g/mol. The van der Waals surface area contributed by atoms with Gasteiger partial charge in [0.05, 0.1) is 5.56 Å². The summed E-state index contributed by atoms with van der Waals surface area (Å²) >= 11 is 0. The van der Waals surface area contributed by atoms with E-state index in [-0.39, 0.29) is 0 Å². The van der Waals surface area contributed by atoms with Gasteiger partial charge in [-0.05, 0) is 22.7 Å². The van der Waals surface area contributed by atoms with Crippen LogP contribution in [-0.4, -0.2) is 19.0 Å². The number of amides is 1. The minimum absolute atomic E-state index is 0.414. The molecule has 1 aromatic heterocycles. The lowest BCUT2D eigenvalue weighted by atomic mass is 10.2. The van der Waals surface area contributed by atoms with E-state index in [2.05, 4.69) is 58.0 Å². The number of nitrogens with one attached hydrogen (secondary N) is 1. The zero-order valence-corrected chi connectivity index (χ0v) is 14.4. The Bertz CT molecular complexity index is 510. The smallest absolute Gasteiger partial charge is 0.266 e. The minimum atomic E-state index is -1.77. The lowest BCUT2D eigenvalue weighted by Crippen LogP contribution is -2.43. The zero-order chi connectivity index (χ0) is 15.5. The SMILES string of the molecule is CC(C)[Si](C#Cc1cc[nH]c1C(N)=O)(C(C)C)C(C)C. The molecule has 3 N–H and O–H groups in total. The van der Waals surface area contributed by atoms with Crippen LogP contribution >= 0.6 is 0 Å². The number of hydrogen-bond acceptors (Lipinski definition) is 1. The van der Waals surface area contributed by atoms with Crippen molar-refractivity contribution in [3.8, 4) is 11.5 Å². The molecule has 1 rings (SSSR count). The highest BCUT2D eigenvalue weighted by Crippen LogP contribution is 2.40. The molecule has 0 spiro atoms. The number of carbonyl (C=O) groups excluding carboxylic acids is 1. The number of rotatable bonds is 4. The topological polar surface area (TPSA) is 58.9 Å². The van der Waals surface area contributed by atoms with E-state index in [1.165, 1.54) is 0 Å². The second kappa shape index (κ2) is 6.32. The summed E-state index contributed by atoms with van der Waals surface area (Å²) < 4.78 is 0. The molecule has 0 unspecified atom stereocenters. The number of nitrogens with two attached hydrogens (primary N) is 1. The van der Waals surface area contributed by atoms with Gasteiger partial charge < -0.3 is 10.7 Å². The molecule has 4 heteroatoms. The summed E-state index contributed by atoms with van der Waals surface area (Å²) in [5.74, 6) is 2.79. The second-order valence-corrected chi connectivity index (χ2v) is 11.9. The molecule has 0 aromatic carbocycles. The molecule has 0 saturated heterocycles. The third-order valence-electron chi connectivity index (χ3n) is 4.27. The first-order valence-corrected chi connectivity index (χ1v) is 9.47. The molecule has 0 aliphatic carbocycles. The second-order valence-electron chi connectivity index (χ2n) is 6.28. The quantitative estimate of drug-likeness (QED) is 0.645. The van der Waals surface area contributed by atoms with Crippen molar-refractivity contribution in [1.82, 2.24) is 4.98 Å². The van der Waals surface area contributed by atoms with Crippen LogP contribution in [0.1, 0.15) is 57.6 Å². The van der Waals surface area contributed by atoms with Crippen molar-refractivity contribution < 1.29 is 4.79 Å². The van der Waals surface area contributed by atoms with Gasteiger partial charge in [-0.1, -0.05) is 47.5 Å². The highest BCUT2D eigenvalue weighted by Gasteiger charge is 2.41. The van der Waals surface area contributed by atoms with Crippen LogP contribution in [0.2, 0.25) is 16.6 Å². The molecular weight excluding hydrogens is 264 g/mol. The highest BCUT2D eigenvalue weighted by molar-refractivity contribution is 6.90. The molecule has 0 radical (unpaired) electrons. The summed E-state index contributed by atoms with van der Waals surface area (Å²) in [5, 5.41) is 0. The molecule has 0 bridgehead atoms. The summed E-state index contributed by atoms with van der Waals surface area (Å²) in [5.41, 5.74) is 11.8. The van der Waals surface area contributed by atoms with Crippen molar-refractivity contribution in [2.24, 2.45) is 5.73 Å². The predicted molar refractivity (Wildman–Crippen MR) is 87.2 cm³/mol. The van der Waals surface area contributed by atoms with E-state index in [4.69, 9.17) is 5.73 Å². The van der Waals surface area contributed by atoms with Crippen molar-refractivity contribution in [2.45, 2.75) is 58.2 Å². The molecule has 1 heterocycles. The van der Waals surface area contributed by atoms with Crippen molar-refractivity contribution in [3.63, 3.8) is 0 Å². The third-order valence-corrected chi connectivity index (χ3v) is 10.6. The summed E-state index contributed by atoms with van der Waals surface area (Å²) in [6.45, 7) is 13.6.